The van der Waals surface area contributed by atoms with Gasteiger partial charge >= 0.3 is 0 Å². The monoisotopic (exact) mass is 277 g/mol. The molecule has 0 unspecified atom stereocenters. The summed E-state index contributed by atoms with van der Waals surface area (Å²) in [4.78, 5) is 14.5. The van der Waals surface area contributed by atoms with E-state index >= 15 is 0 Å². The summed E-state index contributed by atoms with van der Waals surface area (Å²) in [6, 6.07) is 5.12. The summed E-state index contributed by atoms with van der Waals surface area (Å²) in [5.41, 5.74) is 0.333. The molecule has 1 aliphatic carbocycles. The molecule has 0 radical (unpaired) electrons. The van der Waals surface area contributed by atoms with Crippen LogP contribution in [0.4, 0.5) is 0 Å². The Morgan fingerprint density at radius 1 is 1.45 bits per heavy atom. The van der Waals surface area contributed by atoms with Crippen molar-refractivity contribution in [1.82, 2.24) is 4.90 Å². The van der Waals surface area contributed by atoms with Gasteiger partial charge < -0.3 is 14.7 Å². The smallest absolute Gasteiger partial charge is 0.257 e. The van der Waals surface area contributed by atoms with Gasteiger partial charge in [0.1, 0.15) is 11.5 Å². The van der Waals surface area contributed by atoms with Gasteiger partial charge in [-0.25, -0.2) is 0 Å². The maximum Gasteiger partial charge on any atom is 0.257 e. The molecule has 4 heteroatoms. The maximum atomic E-state index is 12.6. The van der Waals surface area contributed by atoms with E-state index < -0.39 is 0 Å². The molecular formula is C16H23NO3. The summed E-state index contributed by atoms with van der Waals surface area (Å²) in [7, 11) is 1.55. The Hall–Kier alpha value is -1.71. The molecule has 110 valence electrons. The summed E-state index contributed by atoms with van der Waals surface area (Å²) in [6.45, 7) is 5.05. The van der Waals surface area contributed by atoms with E-state index in [1.54, 1.807) is 19.2 Å². The first-order valence-corrected chi connectivity index (χ1v) is 7.21. The molecule has 1 fully saturated rings. The lowest BCUT2D eigenvalue weighted by molar-refractivity contribution is 0.0732. The minimum absolute atomic E-state index is 0.0194. The number of hydrogen-bond acceptors (Lipinski definition) is 3. The number of nitrogens with zero attached hydrogens (tertiary/aromatic N) is 1. The molecule has 0 heterocycles. The summed E-state index contributed by atoms with van der Waals surface area (Å²) in [6.07, 6.45) is 3.11. The molecular weight excluding hydrogens is 254 g/mol. The second-order valence-corrected chi connectivity index (χ2v) is 5.80. The molecule has 0 spiro atoms. The number of carbonyl (C=O) groups excluding carboxylic acids is 1. The highest BCUT2D eigenvalue weighted by molar-refractivity contribution is 5.97. The number of methoxy groups -OCH3 is 1. The summed E-state index contributed by atoms with van der Waals surface area (Å²) in [5.74, 6) is 1.07. The molecule has 1 saturated carbocycles. The van der Waals surface area contributed by atoms with Crippen molar-refractivity contribution >= 4 is 5.91 Å². The van der Waals surface area contributed by atoms with Crippen molar-refractivity contribution < 1.29 is 14.6 Å². The zero-order valence-electron chi connectivity index (χ0n) is 12.4. The molecule has 1 aliphatic rings. The highest BCUT2D eigenvalue weighted by Crippen LogP contribution is 2.31. The fraction of sp³-hybridized carbons (Fsp3) is 0.562. The fourth-order valence-electron chi connectivity index (χ4n) is 2.20. The van der Waals surface area contributed by atoms with Crippen LogP contribution in [0.25, 0.3) is 0 Å². The van der Waals surface area contributed by atoms with E-state index in [2.05, 4.69) is 13.8 Å². The number of rotatable bonds is 6. The Balaban J connectivity index is 2.18. The zero-order valence-corrected chi connectivity index (χ0v) is 12.4. The van der Waals surface area contributed by atoms with Crippen LogP contribution < -0.4 is 4.74 Å². The SMILES string of the molecule is COc1ccc(O)c(C(=O)N(CCC(C)C)C2CC2)c1. The molecule has 0 aromatic heterocycles. The second-order valence-electron chi connectivity index (χ2n) is 5.80. The number of phenols is 1. The van der Waals surface area contributed by atoms with E-state index in [1.165, 1.54) is 6.07 Å². The van der Waals surface area contributed by atoms with E-state index in [0.29, 0.717) is 23.3 Å². The fourth-order valence-corrected chi connectivity index (χ4v) is 2.20. The van der Waals surface area contributed by atoms with Crippen LogP contribution in [0, 0.1) is 5.92 Å². The highest BCUT2D eigenvalue weighted by atomic mass is 16.5. The largest absolute Gasteiger partial charge is 0.507 e. The van der Waals surface area contributed by atoms with E-state index in [9.17, 15) is 9.90 Å². The Bertz CT molecular complexity index is 481. The van der Waals surface area contributed by atoms with Gasteiger partial charge in [-0.3, -0.25) is 4.79 Å². The van der Waals surface area contributed by atoms with Crippen LogP contribution in [0.15, 0.2) is 18.2 Å². The van der Waals surface area contributed by atoms with Gasteiger partial charge in [0.15, 0.2) is 0 Å². The van der Waals surface area contributed by atoms with Gasteiger partial charge in [-0.05, 0) is 43.4 Å². The number of ether oxygens (including phenoxy) is 1. The van der Waals surface area contributed by atoms with Gasteiger partial charge in [-0.2, -0.15) is 0 Å². The van der Waals surface area contributed by atoms with Crippen LogP contribution in [0.3, 0.4) is 0 Å². The molecule has 1 amide bonds. The van der Waals surface area contributed by atoms with Crippen LogP contribution in [-0.2, 0) is 0 Å². The topological polar surface area (TPSA) is 49.8 Å². The molecule has 0 saturated heterocycles. The Morgan fingerprint density at radius 3 is 2.70 bits per heavy atom. The van der Waals surface area contributed by atoms with Crippen molar-refractivity contribution in [2.24, 2.45) is 5.92 Å². The Morgan fingerprint density at radius 2 is 2.15 bits per heavy atom. The Labute approximate surface area is 120 Å². The number of amides is 1. The number of hydrogen-bond donors (Lipinski definition) is 1. The molecule has 1 aromatic carbocycles. The molecule has 0 atom stereocenters. The van der Waals surface area contributed by atoms with Crippen molar-refractivity contribution in [2.75, 3.05) is 13.7 Å². The summed E-state index contributed by atoms with van der Waals surface area (Å²) >= 11 is 0. The first-order chi connectivity index (χ1) is 9.52. The van der Waals surface area contributed by atoms with Gasteiger partial charge in [0.25, 0.3) is 5.91 Å². The van der Waals surface area contributed by atoms with E-state index in [1.807, 2.05) is 4.90 Å². The van der Waals surface area contributed by atoms with E-state index in [4.69, 9.17) is 4.74 Å². The Kier molecular flexibility index (Phi) is 4.53. The first kappa shape index (κ1) is 14.7. The first-order valence-electron chi connectivity index (χ1n) is 7.21. The van der Waals surface area contributed by atoms with Crippen molar-refractivity contribution in [2.45, 2.75) is 39.2 Å². The lowest BCUT2D eigenvalue weighted by atomic mass is 10.1. The number of phenolic OH excluding ortho intramolecular Hbond substituents is 1. The zero-order chi connectivity index (χ0) is 14.7. The molecule has 2 rings (SSSR count). The van der Waals surface area contributed by atoms with Gasteiger partial charge in [0, 0.05) is 12.6 Å². The predicted molar refractivity (Wildman–Crippen MR) is 78.2 cm³/mol. The maximum absolute atomic E-state index is 12.6. The molecule has 1 aromatic rings. The third-order valence-corrected chi connectivity index (χ3v) is 3.63. The summed E-state index contributed by atoms with van der Waals surface area (Å²) in [5, 5.41) is 9.93. The van der Waals surface area contributed by atoms with Gasteiger partial charge in [-0.1, -0.05) is 13.8 Å². The third-order valence-electron chi connectivity index (χ3n) is 3.63. The van der Waals surface area contributed by atoms with Crippen molar-refractivity contribution in [3.63, 3.8) is 0 Å². The average Bonchev–Trinajstić information content (AvgIpc) is 3.23. The van der Waals surface area contributed by atoms with Crippen molar-refractivity contribution in [3.05, 3.63) is 23.8 Å². The standard InChI is InChI=1S/C16H23NO3/c1-11(2)8-9-17(12-4-5-12)16(19)14-10-13(20-3)6-7-15(14)18/h6-7,10-12,18H,4-5,8-9H2,1-3H3. The van der Waals surface area contributed by atoms with Crippen LogP contribution in [0.2, 0.25) is 0 Å². The molecule has 4 nitrogen and oxygen atoms in total. The van der Waals surface area contributed by atoms with Crippen LogP contribution >= 0.6 is 0 Å². The van der Waals surface area contributed by atoms with E-state index in [0.717, 1.165) is 25.8 Å². The quantitative estimate of drug-likeness (QED) is 0.869. The molecule has 20 heavy (non-hydrogen) atoms. The molecule has 1 N–H and O–H groups in total. The molecule has 0 bridgehead atoms. The predicted octanol–water partition coefficient (Wildman–Crippen LogP) is 3.05. The van der Waals surface area contributed by atoms with Crippen molar-refractivity contribution in [3.8, 4) is 11.5 Å². The van der Waals surface area contributed by atoms with Crippen LogP contribution in [-0.4, -0.2) is 35.6 Å². The minimum Gasteiger partial charge on any atom is -0.507 e. The molecule has 0 aliphatic heterocycles. The lowest BCUT2D eigenvalue weighted by Crippen LogP contribution is -2.34. The van der Waals surface area contributed by atoms with Crippen molar-refractivity contribution in [1.29, 1.82) is 0 Å². The number of aromatic hydroxyl groups is 1. The van der Waals surface area contributed by atoms with Crippen LogP contribution in [0.1, 0.15) is 43.5 Å². The summed E-state index contributed by atoms with van der Waals surface area (Å²) < 4.78 is 5.13. The van der Waals surface area contributed by atoms with E-state index in [-0.39, 0.29) is 11.7 Å². The van der Waals surface area contributed by atoms with Gasteiger partial charge in [0.2, 0.25) is 0 Å². The van der Waals surface area contributed by atoms with Gasteiger partial charge in [-0.15, -0.1) is 0 Å². The highest BCUT2D eigenvalue weighted by Gasteiger charge is 2.33. The normalized spacial score (nSPS) is 14.4. The van der Waals surface area contributed by atoms with Crippen LogP contribution in [0.5, 0.6) is 11.5 Å². The third kappa shape index (κ3) is 3.44. The second kappa shape index (κ2) is 6.16. The average molecular weight is 277 g/mol. The lowest BCUT2D eigenvalue weighted by Gasteiger charge is -2.24. The minimum atomic E-state index is -0.0930. The number of benzene rings is 1. The van der Waals surface area contributed by atoms with Gasteiger partial charge in [0.05, 0.1) is 12.7 Å². The number of carbonyl (C=O) groups is 1.